The zero-order chi connectivity index (χ0) is 34.2. The SMILES string of the molecule is CCCCn1ncc(C=C(Cc2cc3c(cc2OC)CCO3)C(=O)OCC)c1-c1ccc(Cl)cc1OCc1c(Cl)cccc1C(=O)OC. The van der Waals surface area contributed by atoms with E-state index in [0.29, 0.717) is 62.5 Å². The lowest BCUT2D eigenvalue weighted by Crippen LogP contribution is -2.11. The number of unbranched alkanes of at least 4 members (excludes halogenated alkanes) is 1. The topological polar surface area (TPSA) is 98.1 Å². The van der Waals surface area contributed by atoms with E-state index in [4.69, 9.17) is 52.0 Å². The lowest BCUT2D eigenvalue weighted by Gasteiger charge is -2.17. The van der Waals surface area contributed by atoms with Crippen molar-refractivity contribution in [1.29, 1.82) is 0 Å². The number of methoxy groups -OCH3 is 2. The highest BCUT2D eigenvalue weighted by molar-refractivity contribution is 6.32. The number of benzene rings is 3. The van der Waals surface area contributed by atoms with Crippen LogP contribution in [0, 0.1) is 0 Å². The molecule has 1 aliphatic rings. The highest BCUT2D eigenvalue weighted by Gasteiger charge is 2.23. The Balaban J connectivity index is 1.60. The summed E-state index contributed by atoms with van der Waals surface area (Å²) in [5.74, 6) is 0.938. The summed E-state index contributed by atoms with van der Waals surface area (Å²) in [4.78, 5) is 25.9. The summed E-state index contributed by atoms with van der Waals surface area (Å²) < 4.78 is 30.3. The molecule has 252 valence electrons. The van der Waals surface area contributed by atoms with E-state index in [2.05, 4.69) is 6.92 Å². The molecular formula is C37H38Cl2N2O7. The molecule has 0 bridgehead atoms. The van der Waals surface area contributed by atoms with Crippen molar-refractivity contribution in [3.63, 3.8) is 0 Å². The van der Waals surface area contributed by atoms with Gasteiger partial charge in [0.2, 0.25) is 0 Å². The van der Waals surface area contributed by atoms with Gasteiger partial charge >= 0.3 is 11.9 Å². The Bertz CT molecular complexity index is 1830. The lowest BCUT2D eigenvalue weighted by molar-refractivity contribution is -0.138. The number of aromatic nitrogens is 2. The predicted octanol–water partition coefficient (Wildman–Crippen LogP) is 8.16. The molecule has 1 aliphatic heterocycles. The van der Waals surface area contributed by atoms with Crippen LogP contribution in [0.2, 0.25) is 10.0 Å². The average molecular weight is 694 g/mol. The Labute approximate surface area is 290 Å². The van der Waals surface area contributed by atoms with Crippen LogP contribution in [0.25, 0.3) is 17.3 Å². The van der Waals surface area contributed by atoms with Gasteiger partial charge in [-0.1, -0.05) is 42.6 Å². The maximum atomic E-state index is 13.4. The van der Waals surface area contributed by atoms with Crippen LogP contribution >= 0.6 is 23.2 Å². The Morgan fingerprint density at radius 3 is 2.65 bits per heavy atom. The van der Waals surface area contributed by atoms with Crippen molar-refractivity contribution < 1.29 is 33.3 Å². The van der Waals surface area contributed by atoms with Gasteiger partial charge in [0.25, 0.3) is 0 Å². The number of carbonyl (C=O) groups is 2. The third-order valence-corrected chi connectivity index (χ3v) is 8.62. The van der Waals surface area contributed by atoms with Crippen molar-refractivity contribution in [2.75, 3.05) is 27.4 Å². The number of rotatable bonds is 14. The van der Waals surface area contributed by atoms with Crippen molar-refractivity contribution in [1.82, 2.24) is 9.78 Å². The Morgan fingerprint density at radius 2 is 1.90 bits per heavy atom. The van der Waals surface area contributed by atoms with Gasteiger partial charge in [-0.05, 0) is 61.9 Å². The van der Waals surface area contributed by atoms with Crippen molar-refractivity contribution in [3.8, 4) is 28.5 Å². The van der Waals surface area contributed by atoms with Gasteiger partial charge in [-0.15, -0.1) is 0 Å². The van der Waals surface area contributed by atoms with Crippen LogP contribution in [0.4, 0.5) is 0 Å². The fourth-order valence-corrected chi connectivity index (χ4v) is 6.01. The van der Waals surface area contributed by atoms with Gasteiger partial charge in [0.15, 0.2) is 0 Å². The summed E-state index contributed by atoms with van der Waals surface area (Å²) in [6.07, 6.45) is 6.41. The average Bonchev–Trinajstić information content (AvgIpc) is 3.71. The van der Waals surface area contributed by atoms with E-state index in [1.54, 1.807) is 56.6 Å². The van der Waals surface area contributed by atoms with E-state index in [0.717, 1.165) is 41.8 Å². The second-order valence-corrected chi connectivity index (χ2v) is 12.0. The standard InChI is InChI=1S/C37H38Cl2N2O7/c1-5-7-14-41-35(29-12-11-27(38)20-34(29)48-22-30-28(37(43)45-4)9-8-10-31(30)39)26(21-40-41)17-25(36(42)46-6-2)16-24-19-33-23(13-15-47-33)18-32(24)44-3/h8-12,17-21H,5-7,13-16,22H2,1-4H3. The van der Waals surface area contributed by atoms with Crippen LogP contribution in [0.15, 0.2) is 60.3 Å². The van der Waals surface area contributed by atoms with Crippen LogP contribution in [-0.4, -0.2) is 49.2 Å². The van der Waals surface area contributed by atoms with Crippen LogP contribution in [0.5, 0.6) is 17.2 Å². The number of fused-ring (bicyclic) bond motifs is 1. The summed E-state index contributed by atoms with van der Waals surface area (Å²) >= 11 is 13.0. The molecule has 0 fully saturated rings. The quantitative estimate of drug-likeness (QED) is 0.0965. The molecule has 3 aromatic carbocycles. The van der Waals surface area contributed by atoms with Crippen LogP contribution < -0.4 is 14.2 Å². The molecule has 2 heterocycles. The number of carbonyl (C=O) groups excluding carboxylic acids is 2. The second kappa shape index (κ2) is 16.1. The number of aryl methyl sites for hydroxylation is 1. The number of halogens is 2. The summed E-state index contributed by atoms with van der Waals surface area (Å²) in [5, 5.41) is 5.55. The zero-order valence-corrected chi connectivity index (χ0v) is 29.0. The normalized spacial score (nSPS) is 12.3. The number of esters is 2. The molecule has 1 aromatic heterocycles. The fourth-order valence-electron chi connectivity index (χ4n) is 5.62. The predicted molar refractivity (Wildman–Crippen MR) is 185 cm³/mol. The van der Waals surface area contributed by atoms with Gasteiger partial charge in [-0.2, -0.15) is 5.10 Å². The molecule has 0 saturated heterocycles. The highest BCUT2D eigenvalue weighted by atomic mass is 35.5. The zero-order valence-electron chi connectivity index (χ0n) is 27.4. The molecular weight excluding hydrogens is 655 g/mol. The Morgan fingerprint density at radius 1 is 1.06 bits per heavy atom. The minimum Gasteiger partial charge on any atom is -0.496 e. The molecule has 4 aromatic rings. The van der Waals surface area contributed by atoms with Gasteiger partial charge in [-0.3, -0.25) is 4.68 Å². The maximum Gasteiger partial charge on any atom is 0.338 e. The van der Waals surface area contributed by atoms with Crippen molar-refractivity contribution in [3.05, 3.63) is 98.2 Å². The van der Waals surface area contributed by atoms with Crippen LogP contribution in [0.3, 0.4) is 0 Å². The molecule has 0 amide bonds. The molecule has 0 saturated carbocycles. The number of hydrogen-bond acceptors (Lipinski definition) is 8. The first kappa shape index (κ1) is 34.9. The monoisotopic (exact) mass is 692 g/mol. The van der Waals surface area contributed by atoms with Crippen molar-refractivity contribution >= 4 is 41.2 Å². The molecule has 0 atom stereocenters. The minimum absolute atomic E-state index is 0.0278. The number of nitrogens with zero attached hydrogens (tertiary/aromatic N) is 2. The van der Waals surface area contributed by atoms with E-state index in [1.165, 1.54) is 7.11 Å². The number of hydrogen-bond donors (Lipinski definition) is 0. The second-order valence-electron chi connectivity index (χ2n) is 11.1. The van der Waals surface area contributed by atoms with Gasteiger partial charge in [0.05, 0.1) is 44.9 Å². The van der Waals surface area contributed by atoms with E-state index in [1.807, 2.05) is 22.9 Å². The summed E-state index contributed by atoms with van der Waals surface area (Å²) in [6, 6.07) is 14.2. The number of ether oxygens (including phenoxy) is 5. The largest absolute Gasteiger partial charge is 0.496 e. The summed E-state index contributed by atoms with van der Waals surface area (Å²) in [5.41, 5.74) is 5.18. The molecule has 0 unspecified atom stereocenters. The lowest BCUT2D eigenvalue weighted by atomic mass is 9.98. The van der Waals surface area contributed by atoms with Gasteiger partial charge < -0.3 is 23.7 Å². The summed E-state index contributed by atoms with van der Waals surface area (Å²) in [6.45, 7) is 5.30. The molecule has 0 radical (unpaired) electrons. The fraction of sp³-hybridized carbons (Fsp3) is 0.324. The molecule has 48 heavy (non-hydrogen) atoms. The molecule has 0 spiro atoms. The Hall–Kier alpha value is -4.47. The van der Waals surface area contributed by atoms with E-state index < -0.39 is 11.9 Å². The summed E-state index contributed by atoms with van der Waals surface area (Å²) in [7, 11) is 2.93. The first-order chi connectivity index (χ1) is 23.3. The van der Waals surface area contributed by atoms with Crippen LogP contribution in [-0.2, 0) is 40.3 Å². The molecule has 0 N–H and O–H groups in total. The first-order valence-corrected chi connectivity index (χ1v) is 16.6. The van der Waals surface area contributed by atoms with Crippen LogP contribution in [0.1, 0.15) is 59.3 Å². The Kier molecular flexibility index (Phi) is 11.7. The molecule has 9 nitrogen and oxygen atoms in total. The first-order valence-electron chi connectivity index (χ1n) is 15.8. The van der Waals surface area contributed by atoms with Crippen molar-refractivity contribution in [2.45, 2.75) is 52.7 Å². The van der Waals surface area contributed by atoms with Gasteiger partial charge in [0, 0.05) is 62.8 Å². The molecule has 0 aliphatic carbocycles. The maximum absolute atomic E-state index is 13.4. The van der Waals surface area contributed by atoms with Gasteiger partial charge in [0.1, 0.15) is 23.9 Å². The third kappa shape index (κ3) is 7.80. The van der Waals surface area contributed by atoms with Gasteiger partial charge in [-0.25, -0.2) is 9.59 Å². The highest BCUT2D eigenvalue weighted by Crippen LogP contribution is 2.38. The third-order valence-electron chi connectivity index (χ3n) is 8.03. The minimum atomic E-state index is -0.523. The van der Waals surface area contributed by atoms with E-state index >= 15 is 0 Å². The molecule has 5 rings (SSSR count). The van der Waals surface area contributed by atoms with Crippen molar-refractivity contribution in [2.24, 2.45) is 0 Å². The van der Waals surface area contributed by atoms with E-state index in [9.17, 15) is 9.59 Å². The van der Waals surface area contributed by atoms with E-state index in [-0.39, 0.29) is 19.6 Å². The molecule has 11 heteroatoms. The smallest absolute Gasteiger partial charge is 0.338 e.